The fourth-order valence-electron chi connectivity index (χ4n) is 1.33. The Balaban J connectivity index is 1.95. The van der Waals surface area contributed by atoms with E-state index in [1.807, 2.05) is 6.07 Å². The number of hydrogen-bond donors (Lipinski definition) is 1. The first-order valence-electron chi connectivity index (χ1n) is 5.37. The highest BCUT2D eigenvalue weighted by Crippen LogP contribution is 2.06. The van der Waals surface area contributed by atoms with Gasteiger partial charge < -0.3 is 9.73 Å². The van der Waals surface area contributed by atoms with Gasteiger partial charge in [-0.2, -0.15) is 0 Å². The Morgan fingerprint density at radius 2 is 1.83 bits per heavy atom. The van der Waals surface area contributed by atoms with Crippen molar-refractivity contribution in [3.63, 3.8) is 0 Å². The van der Waals surface area contributed by atoms with E-state index in [-0.39, 0.29) is 0 Å². The number of nitrogens with one attached hydrogen (secondary N) is 1. The number of anilines is 1. The molecule has 0 spiro atoms. The highest BCUT2D eigenvalue weighted by molar-refractivity contribution is 6.45. The Labute approximate surface area is 104 Å². The minimum absolute atomic E-state index is 0.524. The topological polar surface area (TPSA) is 59.3 Å². The van der Waals surface area contributed by atoms with Crippen molar-refractivity contribution in [3.05, 3.63) is 60.6 Å². The third kappa shape index (κ3) is 3.18. The second-order valence-electron chi connectivity index (χ2n) is 3.53. The number of para-hydroxylation sites is 1. The lowest BCUT2D eigenvalue weighted by Gasteiger charge is -2.00. The molecule has 1 heterocycles. The molecular weight excluding hydrogens is 230 g/mol. The van der Waals surface area contributed by atoms with Gasteiger partial charge in [-0.25, -0.2) is 0 Å². The molecule has 1 amide bonds. The molecule has 0 bridgehead atoms. The Hall–Kier alpha value is -2.62. The Kier molecular flexibility index (Phi) is 3.71. The molecule has 18 heavy (non-hydrogen) atoms. The molecular formula is C14H11NO3. The Morgan fingerprint density at radius 3 is 2.50 bits per heavy atom. The third-order valence-electron chi connectivity index (χ3n) is 2.20. The van der Waals surface area contributed by atoms with Gasteiger partial charge in [0.05, 0.1) is 6.26 Å². The van der Waals surface area contributed by atoms with Gasteiger partial charge in [0, 0.05) is 5.69 Å². The summed E-state index contributed by atoms with van der Waals surface area (Å²) < 4.78 is 5.01. The van der Waals surface area contributed by atoms with E-state index in [2.05, 4.69) is 5.32 Å². The van der Waals surface area contributed by atoms with Crippen LogP contribution in [0.15, 0.2) is 59.2 Å². The smallest absolute Gasteiger partial charge is 0.296 e. The quantitative estimate of drug-likeness (QED) is 0.660. The zero-order valence-electron chi connectivity index (χ0n) is 9.50. The van der Waals surface area contributed by atoms with Crippen molar-refractivity contribution in [2.24, 2.45) is 0 Å². The first-order chi connectivity index (χ1) is 8.75. The lowest BCUT2D eigenvalue weighted by molar-refractivity contribution is -0.131. The molecule has 0 fully saturated rings. The van der Waals surface area contributed by atoms with Crippen LogP contribution in [-0.2, 0) is 9.59 Å². The first kappa shape index (κ1) is 11.9. The fourth-order valence-corrected chi connectivity index (χ4v) is 1.33. The second kappa shape index (κ2) is 5.63. The van der Waals surface area contributed by atoms with Gasteiger partial charge in [-0.3, -0.25) is 9.59 Å². The number of rotatable bonds is 4. The molecule has 2 rings (SSSR count). The molecule has 0 saturated carbocycles. The van der Waals surface area contributed by atoms with Gasteiger partial charge in [-0.15, -0.1) is 0 Å². The maximum absolute atomic E-state index is 11.5. The number of hydrogen-bond acceptors (Lipinski definition) is 3. The molecule has 90 valence electrons. The van der Waals surface area contributed by atoms with E-state index in [1.54, 1.807) is 36.4 Å². The summed E-state index contributed by atoms with van der Waals surface area (Å²) in [6, 6.07) is 12.2. The van der Waals surface area contributed by atoms with E-state index in [0.29, 0.717) is 11.4 Å². The average molecular weight is 241 g/mol. The van der Waals surface area contributed by atoms with Crippen LogP contribution in [0.5, 0.6) is 0 Å². The molecule has 0 radical (unpaired) electrons. The number of benzene rings is 1. The van der Waals surface area contributed by atoms with Crippen LogP contribution in [0.4, 0.5) is 5.69 Å². The van der Waals surface area contributed by atoms with Crippen LogP contribution in [0.25, 0.3) is 6.08 Å². The van der Waals surface area contributed by atoms with Gasteiger partial charge in [0.1, 0.15) is 5.76 Å². The summed E-state index contributed by atoms with van der Waals surface area (Å²) in [5.41, 5.74) is 0.585. The lowest BCUT2D eigenvalue weighted by atomic mass is 10.2. The lowest BCUT2D eigenvalue weighted by Crippen LogP contribution is -2.20. The fraction of sp³-hybridized carbons (Fsp3) is 0. The van der Waals surface area contributed by atoms with Crippen molar-refractivity contribution in [3.8, 4) is 0 Å². The summed E-state index contributed by atoms with van der Waals surface area (Å²) in [4.78, 5) is 23.0. The van der Waals surface area contributed by atoms with Crippen LogP contribution in [0.3, 0.4) is 0 Å². The Morgan fingerprint density at radius 1 is 1.06 bits per heavy atom. The van der Waals surface area contributed by atoms with Crippen LogP contribution in [-0.4, -0.2) is 11.7 Å². The highest BCUT2D eigenvalue weighted by Gasteiger charge is 2.09. The number of carbonyl (C=O) groups excluding carboxylic acids is 2. The van der Waals surface area contributed by atoms with Crippen molar-refractivity contribution in [1.29, 1.82) is 0 Å². The van der Waals surface area contributed by atoms with Crippen molar-refractivity contribution in [2.45, 2.75) is 0 Å². The van der Waals surface area contributed by atoms with Crippen molar-refractivity contribution in [1.82, 2.24) is 0 Å². The molecule has 1 aromatic heterocycles. The maximum Gasteiger partial charge on any atom is 0.296 e. The van der Waals surface area contributed by atoms with Crippen molar-refractivity contribution in [2.75, 3.05) is 5.32 Å². The number of ketones is 1. The van der Waals surface area contributed by atoms with Crippen molar-refractivity contribution >= 4 is 23.5 Å². The summed E-state index contributed by atoms with van der Waals surface area (Å²) in [6.45, 7) is 0. The van der Waals surface area contributed by atoms with Gasteiger partial charge in [0.15, 0.2) is 0 Å². The summed E-state index contributed by atoms with van der Waals surface area (Å²) >= 11 is 0. The van der Waals surface area contributed by atoms with Crippen molar-refractivity contribution < 1.29 is 14.0 Å². The van der Waals surface area contributed by atoms with Gasteiger partial charge in [-0.05, 0) is 36.4 Å². The summed E-state index contributed by atoms with van der Waals surface area (Å²) in [5.74, 6) is -0.782. The summed E-state index contributed by atoms with van der Waals surface area (Å²) in [5, 5.41) is 2.50. The number of furan rings is 1. The van der Waals surface area contributed by atoms with E-state index < -0.39 is 11.7 Å². The van der Waals surface area contributed by atoms with E-state index >= 15 is 0 Å². The van der Waals surface area contributed by atoms with Gasteiger partial charge in [0.25, 0.3) is 5.91 Å². The highest BCUT2D eigenvalue weighted by atomic mass is 16.3. The molecule has 1 N–H and O–H groups in total. The molecule has 0 aliphatic rings. The molecule has 2 aromatic rings. The zero-order chi connectivity index (χ0) is 12.8. The van der Waals surface area contributed by atoms with Crippen LogP contribution in [0.1, 0.15) is 5.76 Å². The van der Waals surface area contributed by atoms with E-state index in [1.165, 1.54) is 18.4 Å². The third-order valence-corrected chi connectivity index (χ3v) is 2.20. The van der Waals surface area contributed by atoms with Gasteiger partial charge in [0.2, 0.25) is 5.78 Å². The molecule has 1 aromatic carbocycles. The molecule has 0 atom stereocenters. The zero-order valence-corrected chi connectivity index (χ0v) is 9.50. The molecule has 0 aliphatic heterocycles. The van der Waals surface area contributed by atoms with E-state index in [4.69, 9.17) is 4.42 Å². The van der Waals surface area contributed by atoms with Crippen LogP contribution < -0.4 is 5.32 Å². The van der Waals surface area contributed by atoms with Gasteiger partial charge in [-0.1, -0.05) is 18.2 Å². The standard InChI is InChI=1S/C14H11NO3/c16-13(9-8-12-7-4-10-18-12)14(17)15-11-5-2-1-3-6-11/h1-10H,(H,15,17)/b9-8+. The molecule has 0 aliphatic carbocycles. The largest absolute Gasteiger partial charge is 0.465 e. The van der Waals surface area contributed by atoms with Crippen LogP contribution in [0, 0.1) is 0 Å². The molecule has 0 unspecified atom stereocenters. The normalized spacial score (nSPS) is 10.4. The van der Waals surface area contributed by atoms with E-state index in [9.17, 15) is 9.59 Å². The molecule has 4 heteroatoms. The molecule has 4 nitrogen and oxygen atoms in total. The van der Waals surface area contributed by atoms with E-state index in [0.717, 1.165) is 0 Å². The average Bonchev–Trinajstić information content (AvgIpc) is 2.90. The van der Waals surface area contributed by atoms with Crippen LogP contribution >= 0.6 is 0 Å². The molecule has 0 saturated heterocycles. The number of carbonyl (C=O) groups is 2. The summed E-state index contributed by atoms with van der Waals surface area (Å²) in [7, 11) is 0. The summed E-state index contributed by atoms with van der Waals surface area (Å²) in [6.07, 6.45) is 4.12. The first-order valence-corrected chi connectivity index (χ1v) is 5.37. The second-order valence-corrected chi connectivity index (χ2v) is 3.53. The SMILES string of the molecule is O=C(/C=C/c1ccco1)C(=O)Nc1ccccc1. The minimum Gasteiger partial charge on any atom is -0.465 e. The predicted octanol–water partition coefficient (Wildman–Crippen LogP) is 2.50. The van der Waals surface area contributed by atoms with Crippen LogP contribution in [0.2, 0.25) is 0 Å². The maximum atomic E-state index is 11.5. The Bertz CT molecular complexity index is 556. The minimum atomic E-state index is -0.677. The monoisotopic (exact) mass is 241 g/mol. The number of amides is 1. The predicted molar refractivity (Wildman–Crippen MR) is 67.8 cm³/mol. The van der Waals surface area contributed by atoms with Gasteiger partial charge >= 0.3 is 0 Å².